The van der Waals surface area contributed by atoms with Crippen LogP contribution in [0.3, 0.4) is 0 Å². The number of hydrogen-bond acceptors (Lipinski definition) is 3. The van der Waals surface area contributed by atoms with E-state index in [2.05, 4.69) is 4.72 Å². The van der Waals surface area contributed by atoms with Gasteiger partial charge in [-0.15, -0.1) is 0 Å². The Labute approximate surface area is 105 Å². The summed E-state index contributed by atoms with van der Waals surface area (Å²) in [5.74, 6) is -1.84. The molecule has 0 unspecified atom stereocenters. The first-order chi connectivity index (χ1) is 8.33. The number of hydrogen-bond donors (Lipinski definition) is 1. The van der Waals surface area contributed by atoms with Crippen molar-refractivity contribution in [2.24, 2.45) is 0 Å². The van der Waals surface area contributed by atoms with Gasteiger partial charge < -0.3 is 4.74 Å². The van der Waals surface area contributed by atoms with Gasteiger partial charge in [0.25, 0.3) is 10.2 Å². The number of rotatable bonds is 6. The standard InChI is InChI=1S/C10H14F2N2O3S/c1-14(2)18(15,16)13-5-6-17-8-3-4-9(11)10(12)7-8/h3-4,7,13H,5-6H2,1-2H3. The van der Waals surface area contributed by atoms with Crippen LogP contribution in [0.25, 0.3) is 0 Å². The van der Waals surface area contributed by atoms with Crippen molar-refractivity contribution >= 4 is 10.2 Å². The highest BCUT2D eigenvalue weighted by Gasteiger charge is 2.11. The molecule has 18 heavy (non-hydrogen) atoms. The van der Waals surface area contributed by atoms with Crippen molar-refractivity contribution in [1.82, 2.24) is 9.03 Å². The fourth-order valence-corrected chi connectivity index (χ4v) is 1.63. The summed E-state index contributed by atoms with van der Waals surface area (Å²) in [7, 11) is -0.723. The van der Waals surface area contributed by atoms with E-state index in [1.54, 1.807) is 0 Å². The molecule has 0 spiro atoms. The van der Waals surface area contributed by atoms with Gasteiger partial charge in [-0.05, 0) is 12.1 Å². The highest BCUT2D eigenvalue weighted by atomic mass is 32.2. The summed E-state index contributed by atoms with van der Waals surface area (Å²) in [6.07, 6.45) is 0. The third kappa shape index (κ3) is 4.21. The van der Waals surface area contributed by atoms with Gasteiger partial charge in [0.15, 0.2) is 11.6 Å². The van der Waals surface area contributed by atoms with Gasteiger partial charge in [0.05, 0.1) is 0 Å². The largest absolute Gasteiger partial charge is 0.492 e. The van der Waals surface area contributed by atoms with E-state index in [1.165, 1.54) is 20.2 Å². The second-order valence-corrected chi connectivity index (χ2v) is 5.58. The lowest BCUT2D eigenvalue weighted by Crippen LogP contribution is -2.37. The van der Waals surface area contributed by atoms with E-state index >= 15 is 0 Å². The molecule has 0 saturated carbocycles. The second-order valence-electron chi connectivity index (χ2n) is 3.61. The highest BCUT2D eigenvalue weighted by Crippen LogP contribution is 2.14. The minimum absolute atomic E-state index is 0.0120. The van der Waals surface area contributed by atoms with E-state index < -0.39 is 21.8 Å². The molecule has 5 nitrogen and oxygen atoms in total. The van der Waals surface area contributed by atoms with Crippen LogP contribution in [0, 0.1) is 11.6 Å². The van der Waals surface area contributed by atoms with Crippen LogP contribution in [-0.2, 0) is 10.2 Å². The summed E-state index contributed by atoms with van der Waals surface area (Å²) >= 11 is 0. The molecule has 0 heterocycles. The molecule has 0 aromatic heterocycles. The molecule has 0 radical (unpaired) electrons. The average molecular weight is 280 g/mol. The number of benzene rings is 1. The molecule has 1 aromatic rings. The molecule has 1 rings (SSSR count). The number of nitrogens with one attached hydrogen (secondary N) is 1. The zero-order valence-corrected chi connectivity index (χ0v) is 10.8. The molecule has 1 N–H and O–H groups in total. The minimum Gasteiger partial charge on any atom is -0.492 e. The molecule has 8 heteroatoms. The van der Waals surface area contributed by atoms with Gasteiger partial charge in [0, 0.05) is 26.7 Å². The molecule has 0 saturated heterocycles. The Kier molecular flexibility index (Phi) is 5.00. The van der Waals surface area contributed by atoms with Crippen molar-refractivity contribution in [2.45, 2.75) is 0 Å². The van der Waals surface area contributed by atoms with Gasteiger partial charge in [-0.25, -0.2) is 8.78 Å². The summed E-state index contributed by atoms with van der Waals surface area (Å²) in [5.41, 5.74) is 0. The van der Waals surface area contributed by atoms with Crippen LogP contribution in [0.5, 0.6) is 5.75 Å². The summed E-state index contributed by atoms with van der Waals surface area (Å²) < 4.78 is 56.3. The molecule has 0 bridgehead atoms. The van der Waals surface area contributed by atoms with Crippen LogP contribution in [0.15, 0.2) is 18.2 Å². The monoisotopic (exact) mass is 280 g/mol. The number of nitrogens with zero attached hydrogens (tertiary/aromatic N) is 1. The van der Waals surface area contributed by atoms with Crippen molar-refractivity contribution < 1.29 is 21.9 Å². The van der Waals surface area contributed by atoms with E-state index in [0.29, 0.717) is 0 Å². The van der Waals surface area contributed by atoms with E-state index in [9.17, 15) is 17.2 Å². The molecule has 0 aliphatic heterocycles. The van der Waals surface area contributed by atoms with E-state index in [4.69, 9.17) is 4.74 Å². The van der Waals surface area contributed by atoms with Crippen molar-refractivity contribution in [3.05, 3.63) is 29.8 Å². The zero-order valence-electron chi connectivity index (χ0n) is 9.98. The van der Waals surface area contributed by atoms with Crippen LogP contribution in [0.1, 0.15) is 0 Å². The van der Waals surface area contributed by atoms with E-state index in [0.717, 1.165) is 16.4 Å². The molecule has 0 aliphatic rings. The van der Waals surface area contributed by atoms with E-state index in [1.807, 2.05) is 0 Å². The van der Waals surface area contributed by atoms with Crippen molar-refractivity contribution in [1.29, 1.82) is 0 Å². The Bertz CT molecular complexity index is 506. The van der Waals surface area contributed by atoms with Gasteiger partial charge in [-0.2, -0.15) is 17.4 Å². The Morgan fingerprint density at radius 3 is 2.50 bits per heavy atom. The number of halogens is 2. The second kappa shape index (κ2) is 6.07. The third-order valence-electron chi connectivity index (χ3n) is 2.03. The summed E-state index contributed by atoms with van der Waals surface area (Å²) in [4.78, 5) is 0. The highest BCUT2D eigenvalue weighted by molar-refractivity contribution is 7.87. The molecule has 0 fully saturated rings. The van der Waals surface area contributed by atoms with Crippen LogP contribution < -0.4 is 9.46 Å². The topological polar surface area (TPSA) is 58.6 Å². The maximum Gasteiger partial charge on any atom is 0.279 e. The first-order valence-corrected chi connectivity index (χ1v) is 6.52. The maximum atomic E-state index is 12.8. The first kappa shape index (κ1) is 14.8. The fourth-order valence-electron chi connectivity index (χ4n) is 1.04. The summed E-state index contributed by atoms with van der Waals surface area (Å²) in [6.45, 7) is 0.0393. The van der Waals surface area contributed by atoms with Gasteiger partial charge in [0.1, 0.15) is 12.4 Å². The Balaban J connectivity index is 2.41. The number of ether oxygens (including phenoxy) is 1. The Morgan fingerprint density at radius 1 is 1.28 bits per heavy atom. The van der Waals surface area contributed by atoms with Crippen molar-refractivity contribution in [3.63, 3.8) is 0 Å². The Morgan fingerprint density at radius 2 is 1.94 bits per heavy atom. The minimum atomic E-state index is -3.50. The van der Waals surface area contributed by atoms with Gasteiger partial charge >= 0.3 is 0 Å². The SMILES string of the molecule is CN(C)S(=O)(=O)NCCOc1ccc(F)c(F)c1. The predicted octanol–water partition coefficient (Wildman–Crippen LogP) is 0.740. The zero-order chi connectivity index (χ0) is 13.8. The molecule has 102 valence electrons. The molecule has 1 aromatic carbocycles. The lowest BCUT2D eigenvalue weighted by Gasteiger charge is -2.12. The van der Waals surface area contributed by atoms with Crippen LogP contribution in [0.2, 0.25) is 0 Å². The van der Waals surface area contributed by atoms with Crippen molar-refractivity contribution in [3.8, 4) is 5.75 Å². The van der Waals surface area contributed by atoms with Crippen LogP contribution >= 0.6 is 0 Å². The van der Waals surface area contributed by atoms with Crippen LogP contribution in [-0.4, -0.2) is 40.0 Å². The summed E-state index contributed by atoms with van der Waals surface area (Å²) in [6, 6.07) is 3.10. The average Bonchev–Trinajstić information content (AvgIpc) is 2.29. The summed E-state index contributed by atoms with van der Waals surface area (Å²) in [5, 5.41) is 0. The molecule has 0 aliphatic carbocycles. The molecular formula is C10H14F2N2O3S. The fraction of sp³-hybridized carbons (Fsp3) is 0.400. The van der Waals surface area contributed by atoms with Crippen LogP contribution in [0.4, 0.5) is 8.78 Å². The smallest absolute Gasteiger partial charge is 0.279 e. The molecule has 0 atom stereocenters. The van der Waals surface area contributed by atoms with Gasteiger partial charge in [-0.1, -0.05) is 0 Å². The van der Waals surface area contributed by atoms with E-state index in [-0.39, 0.29) is 18.9 Å². The molecular weight excluding hydrogens is 266 g/mol. The van der Waals surface area contributed by atoms with Gasteiger partial charge in [0.2, 0.25) is 0 Å². The lowest BCUT2D eigenvalue weighted by molar-refractivity contribution is 0.318. The maximum absolute atomic E-state index is 12.8. The third-order valence-corrected chi connectivity index (χ3v) is 3.56. The van der Waals surface area contributed by atoms with Gasteiger partial charge in [-0.3, -0.25) is 0 Å². The van der Waals surface area contributed by atoms with Crippen molar-refractivity contribution in [2.75, 3.05) is 27.2 Å². The molecule has 0 amide bonds. The quantitative estimate of drug-likeness (QED) is 0.782. The normalized spacial score (nSPS) is 11.8. The first-order valence-electron chi connectivity index (χ1n) is 5.08. The predicted molar refractivity (Wildman–Crippen MR) is 62.5 cm³/mol. The lowest BCUT2D eigenvalue weighted by atomic mass is 10.3. The Hall–Kier alpha value is -1.25.